The number of nitro groups is 1. The van der Waals surface area contributed by atoms with E-state index in [1.165, 1.54) is 0 Å². The third kappa shape index (κ3) is 4.63. The Balaban J connectivity index is 1.98. The fourth-order valence-electron chi connectivity index (χ4n) is 3.66. The van der Waals surface area contributed by atoms with Gasteiger partial charge < -0.3 is 9.64 Å². The number of ether oxygens (including phenoxy) is 1. The summed E-state index contributed by atoms with van der Waals surface area (Å²) in [5.41, 5.74) is 3.07. The van der Waals surface area contributed by atoms with Crippen LogP contribution in [0.2, 0.25) is 5.02 Å². The highest BCUT2D eigenvalue weighted by Gasteiger charge is 2.29. The third-order valence-corrected chi connectivity index (χ3v) is 5.34. The van der Waals surface area contributed by atoms with Gasteiger partial charge in [0.15, 0.2) is 0 Å². The quantitative estimate of drug-likeness (QED) is 0.480. The molecule has 0 unspecified atom stereocenters. The van der Waals surface area contributed by atoms with Crippen molar-refractivity contribution in [1.82, 2.24) is 4.90 Å². The van der Waals surface area contributed by atoms with Gasteiger partial charge in [0.2, 0.25) is 0 Å². The third-order valence-electron chi connectivity index (χ3n) is 5.09. The number of nitro benzene ring substituents is 1. The lowest BCUT2D eigenvalue weighted by molar-refractivity contribution is -0.385. The Hall–Kier alpha value is -2.15. The molecule has 1 aliphatic heterocycles. The second-order valence-corrected chi connectivity index (χ2v) is 7.28. The van der Waals surface area contributed by atoms with Crippen LogP contribution in [0.3, 0.4) is 0 Å². The normalized spacial score (nSPS) is 17.5. The summed E-state index contributed by atoms with van der Waals surface area (Å²) in [4.78, 5) is 15.5. The van der Waals surface area contributed by atoms with Crippen molar-refractivity contribution in [3.8, 4) is 0 Å². The zero-order chi connectivity index (χ0) is 20.1. The van der Waals surface area contributed by atoms with Gasteiger partial charge in [-0.1, -0.05) is 23.7 Å². The molecule has 0 saturated carbocycles. The van der Waals surface area contributed by atoms with Gasteiger partial charge in [-0.05, 0) is 44.0 Å². The molecule has 0 radical (unpaired) electrons. The Morgan fingerprint density at radius 3 is 2.57 bits per heavy atom. The van der Waals surface area contributed by atoms with E-state index in [0.717, 1.165) is 42.9 Å². The monoisotopic (exact) mass is 403 g/mol. The second-order valence-electron chi connectivity index (χ2n) is 6.85. The minimum absolute atomic E-state index is 0.0894. The van der Waals surface area contributed by atoms with Crippen LogP contribution in [0.4, 0.5) is 11.4 Å². The van der Waals surface area contributed by atoms with E-state index in [2.05, 4.69) is 23.6 Å². The molecule has 0 bridgehead atoms. The van der Waals surface area contributed by atoms with Gasteiger partial charge >= 0.3 is 0 Å². The summed E-state index contributed by atoms with van der Waals surface area (Å²) < 4.78 is 6.14. The second kappa shape index (κ2) is 9.37. The number of hydrogen-bond donors (Lipinski definition) is 0. The van der Waals surface area contributed by atoms with Gasteiger partial charge in [-0.25, -0.2) is 0 Å². The van der Waals surface area contributed by atoms with Crippen LogP contribution in [0.25, 0.3) is 0 Å². The minimum atomic E-state index is -0.345. The smallest absolute Gasteiger partial charge is 0.270 e. The molecule has 2 aromatic rings. The molecule has 0 N–H and O–H groups in total. The van der Waals surface area contributed by atoms with Gasteiger partial charge in [0.05, 0.1) is 11.5 Å². The van der Waals surface area contributed by atoms with Crippen LogP contribution < -0.4 is 4.90 Å². The summed E-state index contributed by atoms with van der Waals surface area (Å²) in [6, 6.07) is 12.9. The van der Waals surface area contributed by atoms with Crippen molar-refractivity contribution in [3.05, 3.63) is 68.7 Å². The van der Waals surface area contributed by atoms with E-state index in [1.807, 2.05) is 30.3 Å². The van der Waals surface area contributed by atoms with Crippen LogP contribution in [-0.4, -0.2) is 36.1 Å². The predicted molar refractivity (Wildman–Crippen MR) is 112 cm³/mol. The summed E-state index contributed by atoms with van der Waals surface area (Å²) in [5.74, 6) is 0. The highest BCUT2D eigenvalue weighted by atomic mass is 35.5. The van der Waals surface area contributed by atoms with E-state index in [0.29, 0.717) is 18.2 Å². The lowest BCUT2D eigenvalue weighted by Gasteiger charge is -2.38. The highest BCUT2D eigenvalue weighted by Crippen LogP contribution is 2.36. The molecule has 6 nitrogen and oxygen atoms in total. The lowest BCUT2D eigenvalue weighted by atomic mass is 10.1. The maximum atomic E-state index is 11.4. The number of rotatable bonds is 7. The summed E-state index contributed by atoms with van der Waals surface area (Å²) in [5, 5.41) is 12.1. The topological polar surface area (TPSA) is 58.9 Å². The summed E-state index contributed by atoms with van der Waals surface area (Å²) in [7, 11) is 0. The zero-order valence-electron chi connectivity index (χ0n) is 16.3. The first-order valence-electron chi connectivity index (χ1n) is 9.66. The molecule has 1 heterocycles. The van der Waals surface area contributed by atoms with Crippen molar-refractivity contribution in [2.45, 2.75) is 33.0 Å². The molecule has 0 aromatic heterocycles. The molecule has 28 heavy (non-hydrogen) atoms. The van der Waals surface area contributed by atoms with Crippen molar-refractivity contribution in [1.29, 1.82) is 0 Å². The maximum absolute atomic E-state index is 11.4. The minimum Gasteiger partial charge on any atom is -0.372 e. The molecule has 1 aliphatic rings. The first-order chi connectivity index (χ1) is 13.5. The standard InChI is InChI=1S/C21H26ClN3O3/c1-3-23(4-2)20-11-10-18(25(26)27)14-19(20)21-24(12-5-13-28-21)15-16-6-8-17(22)9-7-16/h6-11,14,21H,3-5,12-13,15H2,1-2H3/t21-/m1/s1. The van der Waals surface area contributed by atoms with Crippen LogP contribution in [0, 0.1) is 10.1 Å². The van der Waals surface area contributed by atoms with E-state index >= 15 is 0 Å². The van der Waals surface area contributed by atoms with Crippen molar-refractivity contribution < 1.29 is 9.66 Å². The molecule has 1 fully saturated rings. The molecular weight excluding hydrogens is 378 g/mol. The van der Waals surface area contributed by atoms with Gasteiger partial charge in [0.1, 0.15) is 6.23 Å². The van der Waals surface area contributed by atoms with Gasteiger partial charge in [0.25, 0.3) is 5.69 Å². The molecule has 2 aromatic carbocycles. The first kappa shape index (κ1) is 20.6. The summed E-state index contributed by atoms with van der Waals surface area (Å²) in [6.07, 6.45) is 0.611. The molecular formula is C21H26ClN3O3. The van der Waals surface area contributed by atoms with Crippen molar-refractivity contribution in [3.63, 3.8) is 0 Å². The molecule has 150 valence electrons. The summed E-state index contributed by atoms with van der Waals surface area (Å²) in [6.45, 7) is 8.03. The van der Waals surface area contributed by atoms with Crippen LogP contribution in [0.1, 0.15) is 37.6 Å². The Morgan fingerprint density at radius 1 is 1.21 bits per heavy atom. The number of nitrogens with zero attached hydrogens (tertiary/aromatic N) is 3. The maximum Gasteiger partial charge on any atom is 0.270 e. The van der Waals surface area contributed by atoms with Crippen molar-refractivity contribution >= 4 is 23.0 Å². The average molecular weight is 404 g/mol. The number of anilines is 1. The Bertz CT molecular complexity index is 809. The molecule has 0 aliphatic carbocycles. The van der Waals surface area contributed by atoms with Crippen LogP contribution >= 0.6 is 11.6 Å². The van der Waals surface area contributed by atoms with E-state index in [-0.39, 0.29) is 16.8 Å². The van der Waals surface area contributed by atoms with Crippen LogP contribution in [0.5, 0.6) is 0 Å². The zero-order valence-corrected chi connectivity index (χ0v) is 17.1. The van der Waals surface area contributed by atoms with E-state index in [1.54, 1.807) is 12.1 Å². The predicted octanol–water partition coefficient (Wildman–Crippen LogP) is 5.02. The molecule has 3 rings (SSSR count). The first-order valence-corrected chi connectivity index (χ1v) is 10.0. The number of non-ortho nitro benzene ring substituents is 1. The Morgan fingerprint density at radius 2 is 1.93 bits per heavy atom. The Labute approximate surface area is 170 Å². The molecule has 0 amide bonds. The van der Waals surface area contributed by atoms with Crippen LogP contribution in [0.15, 0.2) is 42.5 Å². The number of halogens is 1. The van der Waals surface area contributed by atoms with Crippen molar-refractivity contribution in [2.24, 2.45) is 0 Å². The van der Waals surface area contributed by atoms with Gasteiger partial charge in [-0.3, -0.25) is 15.0 Å². The number of benzene rings is 2. The SMILES string of the molecule is CCN(CC)c1ccc([N+](=O)[O-])cc1[C@H]1OCCCN1Cc1ccc(Cl)cc1. The number of hydrogen-bond acceptors (Lipinski definition) is 5. The fourth-order valence-corrected chi connectivity index (χ4v) is 3.79. The van der Waals surface area contributed by atoms with Gasteiger partial charge in [-0.15, -0.1) is 0 Å². The van der Waals surface area contributed by atoms with Gasteiger partial charge in [-0.2, -0.15) is 0 Å². The van der Waals surface area contributed by atoms with E-state index in [4.69, 9.17) is 16.3 Å². The van der Waals surface area contributed by atoms with Crippen LogP contribution in [-0.2, 0) is 11.3 Å². The average Bonchev–Trinajstić information content (AvgIpc) is 2.71. The molecule has 1 atom stereocenters. The molecule has 0 spiro atoms. The summed E-state index contributed by atoms with van der Waals surface area (Å²) >= 11 is 6.01. The Kier molecular flexibility index (Phi) is 6.88. The molecule has 1 saturated heterocycles. The highest BCUT2D eigenvalue weighted by molar-refractivity contribution is 6.30. The van der Waals surface area contributed by atoms with E-state index < -0.39 is 0 Å². The van der Waals surface area contributed by atoms with Gasteiger partial charge in [0, 0.05) is 54.6 Å². The molecule has 7 heteroatoms. The largest absolute Gasteiger partial charge is 0.372 e. The van der Waals surface area contributed by atoms with Crippen molar-refractivity contribution in [2.75, 3.05) is 31.1 Å². The lowest BCUT2D eigenvalue weighted by Crippen LogP contribution is -2.37. The fraction of sp³-hybridized carbons (Fsp3) is 0.429. The van der Waals surface area contributed by atoms with E-state index in [9.17, 15) is 10.1 Å².